The van der Waals surface area contributed by atoms with Crippen molar-refractivity contribution in [1.82, 2.24) is 4.98 Å². The predicted molar refractivity (Wildman–Crippen MR) is 122 cm³/mol. The number of sulfone groups is 1. The summed E-state index contributed by atoms with van der Waals surface area (Å²) in [6.45, 7) is 2.58. The number of amides is 1. The number of carbonyl (C=O) groups is 1. The van der Waals surface area contributed by atoms with Crippen LogP contribution in [0.4, 0.5) is 5.13 Å². The zero-order valence-corrected chi connectivity index (χ0v) is 19.6. The third-order valence-corrected chi connectivity index (χ3v) is 8.38. The lowest BCUT2D eigenvalue weighted by molar-refractivity contribution is 0.0915. The highest BCUT2D eigenvalue weighted by atomic mass is 79.9. The molecule has 1 aliphatic rings. The Morgan fingerprint density at radius 3 is 2.83 bits per heavy atom. The van der Waals surface area contributed by atoms with Crippen molar-refractivity contribution in [2.24, 2.45) is 0 Å². The number of hydrogen-bond acceptors (Lipinski definition) is 6. The number of aromatic nitrogens is 1. The second kappa shape index (κ2) is 8.74. The number of halogens is 1. The van der Waals surface area contributed by atoms with Crippen LogP contribution in [0, 0.1) is 0 Å². The van der Waals surface area contributed by atoms with Gasteiger partial charge in [0, 0.05) is 11.1 Å². The van der Waals surface area contributed by atoms with Gasteiger partial charge in [0.25, 0.3) is 5.91 Å². The smallest absolute Gasteiger partial charge is 0.261 e. The minimum absolute atomic E-state index is 0.0543. The van der Waals surface area contributed by atoms with Crippen LogP contribution in [0.15, 0.2) is 51.8 Å². The average Bonchev–Trinajstić information content (AvgIpc) is 3.40. The Bertz CT molecular complexity index is 1190. The average molecular weight is 509 g/mol. The normalized spacial score (nSPS) is 16.8. The quantitative estimate of drug-likeness (QED) is 0.483. The van der Waals surface area contributed by atoms with Gasteiger partial charge in [-0.2, -0.15) is 0 Å². The van der Waals surface area contributed by atoms with Gasteiger partial charge in [-0.15, -0.1) is 0 Å². The Hall–Kier alpha value is -1.81. The van der Waals surface area contributed by atoms with Gasteiger partial charge in [-0.1, -0.05) is 46.3 Å². The van der Waals surface area contributed by atoms with Gasteiger partial charge in [0.05, 0.1) is 39.1 Å². The van der Waals surface area contributed by atoms with Gasteiger partial charge >= 0.3 is 0 Å². The Morgan fingerprint density at radius 2 is 2.10 bits per heavy atom. The maximum Gasteiger partial charge on any atom is 0.261 e. The summed E-state index contributed by atoms with van der Waals surface area (Å²) in [5.41, 5.74) is 0.954. The molecule has 9 heteroatoms. The van der Waals surface area contributed by atoms with Crippen molar-refractivity contribution in [3.8, 4) is 0 Å². The number of ether oxygens (including phenoxy) is 1. The third-order valence-electron chi connectivity index (χ3n) is 5.06. The number of carbonyl (C=O) groups excluding carboxylic acids is 1. The fourth-order valence-corrected chi connectivity index (χ4v) is 6.07. The summed E-state index contributed by atoms with van der Waals surface area (Å²) in [4.78, 5) is 19.9. The molecule has 1 atom stereocenters. The van der Waals surface area contributed by atoms with Crippen LogP contribution in [0.3, 0.4) is 0 Å². The molecule has 0 N–H and O–H groups in total. The van der Waals surface area contributed by atoms with E-state index in [1.54, 1.807) is 30.0 Å². The number of anilines is 1. The summed E-state index contributed by atoms with van der Waals surface area (Å²) in [7, 11) is -3.55. The number of rotatable bonds is 6. The van der Waals surface area contributed by atoms with Crippen LogP contribution in [0.2, 0.25) is 0 Å². The monoisotopic (exact) mass is 508 g/mol. The molecule has 1 aromatic heterocycles. The first kappa shape index (κ1) is 21.4. The van der Waals surface area contributed by atoms with Crippen LogP contribution in [0.25, 0.3) is 10.2 Å². The van der Waals surface area contributed by atoms with Gasteiger partial charge in [-0.25, -0.2) is 13.4 Å². The SMILES string of the molecule is CCS(=O)(=O)c1ccccc1C(=O)N(CC1CCCO1)c1nc2ccc(Br)cc2s1. The van der Waals surface area contributed by atoms with Crippen molar-refractivity contribution in [1.29, 1.82) is 0 Å². The van der Waals surface area contributed by atoms with Crippen molar-refractivity contribution >= 4 is 58.4 Å². The zero-order chi connectivity index (χ0) is 21.3. The molecule has 1 unspecified atom stereocenters. The number of hydrogen-bond donors (Lipinski definition) is 0. The van der Waals surface area contributed by atoms with Crippen LogP contribution < -0.4 is 4.90 Å². The van der Waals surface area contributed by atoms with Crippen LogP contribution in [-0.2, 0) is 14.6 Å². The highest BCUT2D eigenvalue weighted by Crippen LogP contribution is 2.33. The van der Waals surface area contributed by atoms with E-state index in [0.29, 0.717) is 18.3 Å². The molecule has 0 aliphatic carbocycles. The van der Waals surface area contributed by atoms with E-state index in [9.17, 15) is 13.2 Å². The van der Waals surface area contributed by atoms with Crippen molar-refractivity contribution < 1.29 is 17.9 Å². The highest BCUT2D eigenvalue weighted by molar-refractivity contribution is 9.10. The number of fused-ring (bicyclic) bond motifs is 1. The Kier molecular flexibility index (Phi) is 6.24. The minimum atomic E-state index is -3.55. The van der Waals surface area contributed by atoms with Gasteiger partial charge in [-0.3, -0.25) is 9.69 Å². The molecule has 158 valence electrons. The van der Waals surface area contributed by atoms with Gasteiger partial charge < -0.3 is 4.74 Å². The first-order valence-corrected chi connectivity index (χ1v) is 13.0. The van der Waals surface area contributed by atoms with E-state index in [2.05, 4.69) is 20.9 Å². The van der Waals surface area contributed by atoms with Gasteiger partial charge in [0.15, 0.2) is 15.0 Å². The van der Waals surface area contributed by atoms with E-state index in [1.165, 1.54) is 17.4 Å². The van der Waals surface area contributed by atoms with Gasteiger partial charge in [-0.05, 0) is 43.2 Å². The fraction of sp³-hybridized carbons (Fsp3) is 0.333. The summed E-state index contributed by atoms with van der Waals surface area (Å²) in [6.07, 6.45) is 1.71. The van der Waals surface area contributed by atoms with E-state index in [-0.39, 0.29) is 28.2 Å². The lowest BCUT2D eigenvalue weighted by Crippen LogP contribution is -2.38. The molecule has 3 aromatic rings. The minimum Gasteiger partial charge on any atom is -0.376 e. The second-order valence-corrected chi connectivity index (χ2v) is 11.2. The summed E-state index contributed by atoms with van der Waals surface area (Å²) >= 11 is 4.87. The molecule has 1 amide bonds. The number of benzene rings is 2. The lowest BCUT2D eigenvalue weighted by atomic mass is 10.1. The predicted octanol–water partition coefficient (Wildman–Crippen LogP) is 4.68. The number of thiazole rings is 1. The molecular formula is C21H21BrN2O4S2. The number of nitrogens with zero attached hydrogens (tertiary/aromatic N) is 2. The third kappa shape index (κ3) is 4.30. The first-order valence-electron chi connectivity index (χ1n) is 9.70. The van der Waals surface area contributed by atoms with Crippen molar-refractivity contribution in [2.45, 2.75) is 30.8 Å². The molecule has 6 nitrogen and oxygen atoms in total. The zero-order valence-electron chi connectivity index (χ0n) is 16.4. The van der Waals surface area contributed by atoms with Crippen molar-refractivity contribution in [3.05, 3.63) is 52.5 Å². The van der Waals surface area contributed by atoms with Gasteiger partial charge in [0.1, 0.15) is 0 Å². The van der Waals surface area contributed by atoms with E-state index in [1.807, 2.05) is 18.2 Å². The maximum absolute atomic E-state index is 13.6. The largest absolute Gasteiger partial charge is 0.376 e. The molecule has 30 heavy (non-hydrogen) atoms. The maximum atomic E-state index is 13.6. The molecular weight excluding hydrogens is 488 g/mol. The Labute approximate surface area is 187 Å². The fourth-order valence-electron chi connectivity index (χ4n) is 3.46. The van der Waals surface area contributed by atoms with Gasteiger partial charge in [0.2, 0.25) is 0 Å². The molecule has 1 saturated heterocycles. The standard InChI is InChI=1S/C21H21BrN2O4S2/c1-2-30(26,27)19-8-4-3-7-16(19)20(25)24(13-15-6-5-11-28-15)21-23-17-10-9-14(22)12-18(17)29-21/h3-4,7-10,12,15H,2,5-6,11,13H2,1H3. The summed E-state index contributed by atoms with van der Waals surface area (Å²) in [5, 5.41) is 0.535. The Balaban J connectivity index is 1.79. The molecule has 1 fully saturated rings. The molecule has 0 saturated carbocycles. The lowest BCUT2D eigenvalue weighted by Gasteiger charge is -2.24. The Morgan fingerprint density at radius 1 is 1.30 bits per heavy atom. The molecule has 4 rings (SSSR count). The molecule has 2 heterocycles. The molecule has 0 spiro atoms. The molecule has 1 aliphatic heterocycles. The van der Waals surface area contributed by atoms with E-state index in [4.69, 9.17) is 4.74 Å². The second-order valence-electron chi connectivity index (χ2n) is 7.06. The molecule has 2 aromatic carbocycles. The van der Waals surface area contributed by atoms with E-state index in [0.717, 1.165) is 27.5 Å². The van der Waals surface area contributed by atoms with Crippen molar-refractivity contribution in [3.63, 3.8) is 0 Å². The molecule has 0 radical (unpaired) electrons. The van der Waals surface area contributed by atoms with E-state index < -0.39 is 9.84 Å². The first-order chi connectivity index (χ1) is 14.4. The molecule has 0 bridgehead atoms. The topological polar surface area (TPSA) is 76.6 Å². The van der Waals surface area contributed by atoms with E-state index >= 15 is 0 Å². The summed E-state index contributed by atoms with van der Waals surface area (Å²) < 4.78 is 32.8. The van der Waals surface area contributed by atoms with Crippen molar-refractivity contribution in [2.75, 3.05) is 23.8 Å². The summed E-state index contributed by atoms with van der Waals surface area (Å²) in [5.74, 6) is -0.450. The highest BCUT2D eigenvalue weighted by Gasteiger charge is 2.30. The van der Waals surface area contributed by atoms with Crippen LogP contribution >= 0.6 is 27.3 Å². The van der Waals surface area contributed by atoms with Crippen LogP contribution in [0.1, 0.15) is 30.1 Å². The summed E-state index contributed by atoms with van der Waals surface area (Å²) in [6, 6.07) is 12.1. The van der Waals surface area contributed by atoms with Crippen LogP contribution in [0.5, 0.6) is 0 Å². The van der Waals surface area contributed by atoms with Crippen LogP contribution in [-0.4, -0.2) is 44.3 Å².